The molecular formula is C13H23NO. The molecule has 0 atom stereocenters. The molecule has 1 rings (SSSR count). The van der Waals surface area contributed by atoms with Gasteiger partial charge in [0.2, 0.25) is 0 Å². The minimum absolute atomic E-state index is 0.221. The van der Waals surface area contributed by atoms with Crippen LogP contribution in [0.3, 0.4) is 0 Å². The van der Waals surface area contributed by atoms with Crippen LogP contribution >= 0.6 is 0 Å². The van der Waals surface area contributed by atoms with Crippen LogP contribution in [0.25, 0.3) is 0 Å². The van der Waals surface area contributed by atoms with Gasteiger partial charge in [-0.2, -0.15) is 0 Å². The summed E-state index contributed by atoms with van der Waals surface area (Å²) in [5, 5.41) is 0. The smallest absolute Gasteiger partial charge is 0.158 e. The molecule has 1 aliphatic carbocycles. The van der Waals surface area contributed by atoms with Crippen LogP contribution in [0.4, 0.5) is 0 Å². The molecule has 0 radical (unpaired) electrons. The number of carbonyl (C=O) groups is 1. The molecule has 1 aliphatic rings. The fourth-order valence-electron chi connectivity index (χ4n) is 1.86. The summed E-state index contributed by atoms with van der Waals surface area (Å²) in [7, 11) is 0. The summed E-state index contributed by atoms with van der Waals surface area (Å²) in [4.78, 5) is 11.9. The summed E-state index contributed by atoms with van der Waals surface area (Å²) in [6.07, 6.45) is 9.24. The summed E-state index contributed by atoms with van der Waals surface area (Å²) in [6.45, 7) is 3.95. The molecule has 0 aromatic rings. The number of nitrogens with two attached hydrogens (primary N) is 1. The average Bonchev–Trinajstić information content (AvgIpc) is 2.41. The van der Waals surface area contributed by atoms with Gasteiger partial charge in [0, 0.05) is 12.0 Å². The molecule has 0 saturated heterocycles. The van der Waals surface area contributed by atoms with E-state index in [1.54, 1.807) is 0 Å². The lowest BCUT2D eigenvalue weighted by molar-refractivity contribution is -0.116. The van der Waals surface area contributed by atoms with Crippen molar-refractivity contribution in [3.63, 3.8) is 0 Å². The molecule has 0 heterocycles. The molecule has 0 saturated carbocycles. The van der Waals surface area contributed by atoms with Crippen LogP contribution in [-0.2, 0) is 4.79 Å². The minimum Gasteiger partial charge on any atom is -0.326 e. The lowest BCUT2D eigenvalue weighted by Gasteiger charge is -2.17. The van der Waals surface area contributed by atoms with Gasteiger partial charge in [-0.25, -0.2) is 0 Å². The van der Waals surface area contributed by atoms with Crippen molar-refractivity contribution >= 4 is 5.78 Å². The molecule has 2 nitrogen and oxygen atoms in total. The summed E-state index contributed by atoms with van der Waals surface area (Å²) < 4.78 is 0. The zero-order valence-electron chi connectivity index (χ0n) is 10.0. The van der Waals surface area contributed by atoms with Crippen LogP contribution < -0.4 is 5.73 Å². The van der Waals surface area contributed by atoms with Crippen LogP contribution in [0, 0.1) is 0 Å². The van der Waals surface area contributed by atoms with E-state index in [1.165, 1.54) is 19.3 Å². The molecule has 2 heteroatoms. The molecule has 0 amide bonds. The molecule has 0 fully saturated rings. The van der Waals surface area contributed by atoms with Crippen LogP contribution in [-0.4, -0.2) is 11.3 Å². The SMILES string of the molecule is CC(C)(N)CCC(=O)C1=CCCCCC1. The number of carbonyl (C=O) groups excluding carboxylic acids is 1. The van der Waals surface area contributed by atoms with Gasteiger partial charge in [0.1, 0.15) is 0 Å². The molecular weight excluding hydrogens is 186 g/mol. The monoisotopic (exact) mass is 209 g/mol. The minimum atomic E-state index is -0.221. The van der Waals surface area contributed by atoms with E-state index >= 15 is 0 Å². The van der Waals surface area contributed by atoms with E-state index in [9.17, 15) is 4.79 Å². The first kappa shape index (κ1) is 12.4. The number of ketones is 1. The third-order valence-electron chi connectivity index (χ3n) is 2.90. The van der Waals surface area contributed by atoms with Crippen LogP contribution in [0.15, 0.2) is 11.6 Å². The topological polar surface area (TPSA) is 43.1 Å². The Hall–Kier alpha value is -0.630. The summed E-state index contributed by atoms with van der Waals surface area (Å²) in [5.74, 6) is 0.315. The van der Waals surface area contributed by atoms with Crippen molar-refractivity contribution in [2.45, 2.75) is 64.3 Å². The summed E-state index contributed by atoms with van der Waals surface area (Å²) >= 11 is 0. The van der Waals surface area contributed by atoms with Crippen molar-refractivity contribution in [1.82, 2.24) is 0 Å². The van der Waals surface area contributed by atoms with Gasteiger partial charge in [0.05, 0.1) is 0 Å². The Morgan fingerprint density at radius 3 is 2.80 bits per heavy atom. The highest BCUT2D eigenvalue weighted by Gasteiger charge is 2.16. The molecule has 86 valence electrons. The molecule has 0 bridgehead atoms. The quantitative estimate of drug-likeness (QED) is 0.773. The largest absolute Gasteiger partial charge is 0.326 e. The van der Waals surface area contributed by atoms with Crippen molar-refractivity contribution in [1.29, 1.82) is 0 Å². The predicted molar refractivity (Wildman–Crippen MR) is 63.7 cm³/mol. The van der Waals surface area contributed by atoms with Crippen molar-refractivity contribution < 1.29 is 4.79 Å². The van der Waals surface area contributed by atoms with E-state index in [1.807, 2.05) is 13.8 Å². The molecule has 0 aromatic carbocycles. The number of allylic oxidation sites excluding steroid dienone is 2. The Balaban J connectivity index is 2.42. The zero-order chi connectivity index (χ0) is 11.3. The zero-order valence-corrected chi connectivity index (χ0v) is 10.0. The average molecular weight is 209 g/mol. The number of hydrogen-bond donors (Lipinski definition) is 1. The molecule has 0 aromatic heterocycles. The first-order chi connectivity index (χ1) is 6.99. The summed E-state index contributed by atoms with van der Waals surface area (Å²) in [5.41, 5.74) is 6.70. The van der Waals surface area contributed by atoms with Gasteiger partial charge in [-0.05, 0) is 51.5 Å². The van der Waals surface area contributed by atoms with E-state index in [2.05, 4.69) is 6.08 Å². The van der Waals surface area contributed by atoms with Crippen molar-refractivity contribution in [3.05, 3.63) is 11.6 Å². The Morgan fingerprint density at radius 1 is 1.40 bits per heavy atom. The molecule has 0 spiro atoms. The van der Waals surface area contributed by atoms with E-state index in [4.69, 9.17) is 5.73 Å². The molecule has 2 N–H and O–H groups in total. The second kappa shape index (κ2) is 5.45. The van der Waals surface area contributed by atoms with Crippen molar-refractivity contribution in [2.75, 3.05) is 0 Å². The summed E-state index contributed by atoms with van der Waals surface area (Å²) in [6, 6.07) is 0. The second-order valence-corrected chi connectivity index (χ2v) is 5.24. The Bertz CT molecular complexity index is 248. The van der Waals surface area contributed by atoms with E-state index < -0.39 is 0 Å². The number of hydrogen-bond acceptors (Lipinski definition) is 2. The Labute approximate surface area is 92.9 Å². The van der Waals surface area contributed by atoms with Gasteiger partial charge in [-0.3, -0.25) is 4.79 Å². The normalized spacial score (nSPS) is 18.2. The van der Waals surface area contributed by atoms with Gasteiger partial charge < -0.3 is 5.73 Å². The Morgan fingerprint density at radius 2 is 2.13 bits per heavy atom. The van der Waals surface area contributed by atoms with Crippen molar-refractivity contribution in [3.8, 4) is 0 Å². The highest BCUT2D eigenvalue weighted by atomic mass is 16.1. The highest BCUT2D eigenvalue weighted by Crippen LogP contribution is 2.20. The fraction of sp³-hybridized carbons (Fsp3) is 0.769. The maximum Gasteiger partial charge on any atom is 0.158 e. The molecule has 0 aliphatic heterocycles. The highest BCUT2D eigenvalue weighted by molar-refractivity contribution is 5.95. The van der Waals surface area contributed by atoms with E-state index in [0.717, 1.165) is 24.8 Å². The number of rotatable bonds is 4. The second-order valence-electron chi connectivity index (χ2n) is 5.24. The standard InChI is InChI=1S/C13H23NO/c1-13(2,14)10-9-12(15)11-7-5-3-4-6-8-11/h7H,3-6,8-10,14H2,1-2H3. The van der Waals surface area contributed by atoms with E-state index in [-0.39, 0.29) is 5.54 Å². The van der Waals surface area contributed by atoms with Crippen molar-refractivity contribution in [2.24, 2.45) is 5.73 Å². The lowest BCUT2D eigenvalue weighted by Crippen LogP contribution is -2.32. The Kier molecular flexibility index (Phi) is 4.52. The van der Waals surface area contributed by atoms with Gasteiger partial charge in [-0.15, -0.1) is 0 Å². The first-order valence-corrected chi connectivity index (χ1v) is 6.00. The number of Topliss-reactive ketones (excluding diaryl/α,β-unsaturated/α-hetero) is 1. The third kappa shape index (κ3) is 5.12. The maximum atomic E-state index is 11.9. The van der Waals surface area contributed by atoms with Gasteiger partial charge in [0.25, 0.3) is 0 Å². The van der Waals surface area contributed by atoms with Crippen LogP contribution in [0.5, 0.6) is 0 Å². The van der Waals surface area contributed by atoms with Crippen LogP contribution in [0.2, 0.25) is 0 Å². The van der Waals surface area contributed by atoms with Gasteiger partial charge >= 0.3 is 0 Å². The van der Waals surface area contributed by atoms with Gasteiger partial charge in [-0.1, -0.05) is 12.5 Å². The van der Waals surface area contributed by atoms with Gasteiger partial charge in [0.15, 0.2) is 5.78 Å². The third-order valence-corrected chi connectivity index (χ3v) is 2.90. The maximum absolute atomic E-state index is 11.9. The van der Waals surface area contributed by atoms with Crippen LogP contribution in [0.1, 0.15) is 58.8 Å². The first-order valence-electron chi connectivity index (χ1n) is 6.00. The predicted octanol–water partition coefficient (Wildman–Crippen LogP) is 2.96. The molecule has 0 unspecified atom stereocenters. The molecule has 15 heavy (non-hydrogen) atoms. The van der Waals surface area contributed by atoms with E-state index in [0.29, 0.717) is 12.2 Å². The lowest BCUT2D eigenvalue weighted by atomic mass is 9.94. The fourth-order valence-corrected chi connectivity index (χ4v) is 1.86.